The molecule has 0 aliphatic carbocycles. The zero-order valence-corrected chi connectivity index (χ0v) is 26.1. The van der Waals surface area contributed by atoms with Gasteiger partial charge < -0.3 is 23.8 Å². The van der Waals surface area contributed by atoms with E-state index in [1.807, 2.05) is 25.4 Å². The molecule has 2 aromatic carbocycles. The molecule has 11 nitrogen and oxygen atoms in total. The minimum atomic E-state index is -3.72. The standard InChI is InChI=1S/C28H37Cl2N5O6S/c1-34-18-26(25-15-22(29)16-28(30)27(25)19-34)21-4-3-5-24(14-21)42(36,37)31-6-8-39-10-12-41-13-11-40-9-7-35-17-23(20-38-2)32-33-35/h3-5,14-17,26,31H,6-13,18-20H2,1-2H3. The second kappa shape index (κ2) is 16.1. The van der Waals surface area contributed by atoms with Gasteiger partial charge in [-0.05, 0) is 48.0 Å². The van der Waals surface area contributed by atoms with Crippen LogP contribution in [-0.2, 0) is 48.7 Å². The van der Waals surface area contributed by atoms with Crippen LogP contribution >= 0.6 is 23.2 Å². The molecule has 42 heavy (non-hydrogen) atoms. The Hall–Kier alpha value is -2.13. The predicted octanol–water partition coefficient (Wildman–Crippen LogP) is 3.34. The van der Waals surface area contributed by atoms with Gasteiger partial charge in [-0.15, -0.1) is 5.10 Å². The van der Waals surface area contributed by atoms with Crippen molar-refractivity contribution in [1.82, 2.24) is 24.6 Å². The van der Waals surface area contributed by atoms with Crippen LogP contribution in [0.5, 0.6) is 0 Å². The fourth-order valence-corrected chi connectivity index (χ4v) is 6.36. The van der Waals surface area contributed by atoms with Crippen molar-refractivity contribution in [2.45, 2.75) is 30.5 Å². The van der Waals surface area contributed by atoms with E-state index < -0.39 is 10.0 Å². The van der Waals surface area contributed by atoms with Crippen LogP contribution in [0.3, 0.4) is 0 Å². The van der Waals surface area contributed by atoms with Crippen LogP contribution in [0.2, 0.25) is 10.0 Å². The number of hydrogen-bond acceptors (Lipinski definition) is 9. The summed E-state index contributed by atoms with van der Waals surface area (Å²) in [5.74, 6) is -0.0539. The fourth-order valence-electron chi connectivity index (χ4n) is 4.72. The number of sulfonamides is 1. The van der Waals surface area contributed by atoms with Gasteiger partial charge in [-0.2, -0.15) is 0 Å². The maximum Gasteiger partial charge on any atom is 0.240 e. The minimum absolute atomic E-state index is 0.0539. The molecule has 2 heterocycles. The molecule has 0 amide bonds. The molecule has 1 aromatic heterocycles. The molecule has 0 saturated carbocycles. The number of fused-ring (bicyclic) bond motifs is 1. The molecule has 1 atom stereocenters. The molecule has 1 unspecified atom stereocenters. The number of hydrogen-bond donors (Lipinski definition) is 1. The van der Waals surface area contributed by atoms with Crippen LogP contribution in [0, 0.1) is 0 Å². The Morgan fingerprint density at radius 1 is 1.02 bits per heavy atom. The molecule has 0 spiro atoms. The van der Waals surface area contributed by atoms with Gasteiger partial charge in [-0.1, -0.05) is 40.5 Å². The van der Waals surface area contributed by atoms with Gasteiger partial charge >= 0.3 is 0 Å². The van der Waals surface area contributed by atoms with E-state index in [1.165, 1.54) is 0 Å². The van der Waals surface area contributed by atoms with Crippen molar-refractivity contribution in [3.05, 3.63) is 75.0 Å². The highest BCUT2D eigenvalue weighted by Crippen LogP contribution is 2.38. The lowest BCUT2D eigenvalue weighted by Gasteiger charge is -2.33. The van der Waals surface area contributed by atoms with Gasteiger partial charge in [0.2, 0.25) is 10.0 Å². The van der Waals surface area contributed by atoms with Gasteiger partial charge in [0.25, 0.3) is 0 Å². The normalized spacial score (nSPS) is 15.7. The first-order valence-corrected chi connectivity index (χ1v) is 15.9. The van der Waals surface area contributed by atoms with E-state index in [-0.39, 0.29) is 24.0 Å². The number of nitrogens with zero attached hydrogens (tertiary/aromatic N) is 4. The topological polar surface area (TPSA) is 117 Å². The number of aromatic nitrogens is 3. The first-order valence-electron chi connectivity index (χ1n) is 13.6. The third-order valence-corrected chi connectivity index (χ3v) is 8.70. The highest BCUT2D eigenvalue weighted by Gasteiger charge is 2.28. The van der Waals surface area contributed by atoms with E-state index >= 15 is 0 Å². The second-order valence-electron chi connectivity index (χ2n) is 9.92. The Morgan fingerprint density at radius 2 is 1.76 bits per heavy atom. The number of ether oxygens (including phenoxy) is 4. The largest absolute Gasteiger partial charge is 0.378 e. The van der Waals surface area contributed by atoms with E-state index in [1.54, 1.807) is 36.1 Å². The molecule has 3 aromatic rings. The summed E-state index contributed by atoms with van der Waals surface area (Å²) in [6.07, 6.45) is 1.82. The summed E-state index contributed by atoms with van der Waals surface area (Å²) in [6.45, 7) is 4.91. The number of rotatable bonds is 17. The SMILES string of the molecule is COCc1cn(CCOCCOCCOCCNS(=O)(=O)c2cccc(C3CN(C)Cc4c(Cl)cc(Cl)cc43)c2)nn1. The summed E-state index contributed by atoms with van der Waals surface area (Å²) < 4.78 is 51.9. The van der Waals surface area contributed by atoms with E-state index in [0.717, 1.165) is 28.9 Å². The van der Waals surface area contributed by atoms with E-state index in [9.17, 15) is 8.42 Å². The molecule has 0 saturated heterocycles. The first-order chi connectivity index (χ1) is 20.3. The molecule has 4 rings (SSSR count). The van der Waals surface area contributed by atoms with Crippen molar-refractivity contribution < 1.29 is 27.4 Å². The van der Waals surface area contributed by atoms with Gasteiger partial charge in [0, 0.05) is 42.7 Å². The summed E-state index contributed by atoms with van der Waals surface area (Å²) in [6, 6.07) is 10.7. The number of benzene rings is 2. The van der Waals surface area contributed by atoms with Crippen molar-refractivity contribution in [2.24, 2.45) is 0 Å². The van der Waals surface area contributed by atoms with Crippen LogP contribution in [0.1, 0.15) is 28.3 Å². The summed E-state index contributed by atoms with van der Waals surface area (Å²) in [5.41, 5.74) is 3.70. The smallest absolute Gasteiger partial charge is 0.240 e. The van der Waals surface area contributed by atoms with Gasteiger partial charge in [-0.3, -0.25) is 0 Å². The predicted molar refractivity (Wildman–Crippen MR) is 159 cm³/mol. The lowest BCUT2D eigenvalue weighted by atomic mass is 9.85. The Bertz CT molecular complexity index is 1410. The maximum atomic E-state index is 13.0. The van der Waals surface area contributed by atoms with Crippen molar-refractivity contribution in [2.75, 3.05) is 66.9 Å². The quantitative estimate of drug-likeness (QED) is 0.221. The van der Waals surface area contributed by atoms with Crippen LogP contribution in [-0.4, -0.2) is 95.2 Å². The number of methoxy groups -OCH3 is 1. The van der Waals surface area contributed by atoms with Gasteiger partial charge in [0.05, 0.1) is 63.9 Å². The highest BCUT2D eigenvalue weighted by atomic mass is 35.5. The maximum absolute atomic E-state index is 13.0. The minimum Gasteiger partial charge on any atom is -0.378 e. The third-order valence-electron chi connectivity index (χ3n) is 6.69. The Balaban J connectivity index is 1.14. The monoisotopic (exact) mass is 641 g/mol. The highest BCUT2D eigenvalue weighted by molar-refractivity contribution is 7.89. The average molecular weight is 643 g/mol. The molecular formula is C28H37Cl2N5O6S. The summed E-state index contributed by atoms with van der Waals surface area (Å²) in [7, 11) is -0.0918. The molecule has 1 aliphatic heterocycles. The number of nitrogens with one attached hydrogen (secondary N) is 1. The molecular weight excluding hydrogens is 605 g/mol. The van der Waals surface area contributed by atoms with Crippen LogP contribution in [0.25, 0.3) is 0 Å². The van der Waals surface area contributed by atoms with E-state index in [2.05, 4.69) is 19.9 Å². The van der Waals surface area contributed by atoms with Gasteiger partial charge in [0.1, 0.15) is 5.69 Å². The van der Waals surface area contributed by atoms with Crippen molar-refractivity contribution in [3.63, 3.8) is 0 Å². The summed E-state index contributed by atoms with van der Waals surface area (Å²) in [5, 5.41) is 9.17. The van der Waals surface area contributed by atoms with Crippen LogP contribution < -0.4 is 4.72 Å². The van der Waals surface area contributed by atoms with Crippen molar-refractivity contribution in [3.8, 4) is 0 Å². The zero-order valence-electron chi connectivity index (χ0n) is 23.8. The number of halogens is 2. The Kier molecular flexibility index (Phi) is 12.6. The van der Waals surface area contributed by atoms with Crippen LogP contribution in [0.15, 0.2) is 47.5 Å². The lowest BCUT2D eigenvalue weighted by molar-refractivity contribution is 0.0138. The Labute approximate surface area is 257 Å². The van der Waals surface area contributed by atoms with Gasteiger partial charge in [0.15, 0.2) is 0 Å². The lowest BCUT2D eigenvalue weighted by Crippen LogP contribution is -2.31. The van der Waals surface area contributed by atoms with E-state index in [4.69, 9.17) is 42.1 Å². The second-order valence-corrected chi connectivity index (χ2v) is 12.5. The molecule has 0 radical (unpaired) electrons. The van der Waals surface area contributed by atoms with Crippen molar-refractivity contribution >= 4 is 33.2 Å². The molecule has 1 N–H and O–H groups in total. The van der Waals surface area contributed by atoms with Gasteiger partial charge in [-0.25, -0.2) is 17.8 Å². The summed E-state index contributed by atoms with van der Waals surface area (Å²) >= 11 is 12.8. The zero-order chi connectivity index (χ0) is 30.0. The fraction of sp³-hybridized carbons (Fsp3) is 0.500. The van der Waals surface area contributed by atoms with Crippen molar-refractivity contribution in [1.29, 1.82) is 0 Å². The molecule has 0 fully saturated rings. The van der Waals surface area contributed by atoms with E-state index in [0.29, 0.717) is 62.8 Å². The molecule has 1 aliphatic rings. The van der Waals surface area contributed by atoms with Crippen LogP contribution in [0.4, 0.5) is 0 Å². The molecule has 230 valence electrons. The summed E-state index contributed by atoms with van der Waals surface area (Å²) in [4.78, 5) is 2.37. The first kappa shape index (κ1) is 32.8. The molecule has 0 bridgehead atoms. The molecule has 14 heteroatoms. The third kappa shape index (κ3) is 9.43. The Morgan fingerprint density at radius 3 is 2.52 bits per heavy atom. The average Bonchev–Trinajstić information content (AvgIpc) is 3.41. The number of likely N-dealkylation sites (N-methyl/N-ethyl adjacent to an activating group) is 1.